The van der Waals surface area contributed by atoms with Crippen molar-refractivity contribution in [3.63, 3.8) is 0 Å². The molecule has 0 bridgehead atoms. The topological polar surface area (TPSA) is 50.9 Å². The van der Waals surface area contributed by atoms with Gasteiger partial charge in [0.1, 0.15) is 11.6 Å². The molecule has 8 aromatic rings. The first kappa shape index (κ1) is 27.3. The lowest BCUT2D eigenvalue weighted by Crippen LogP contribution is -2.12. The van der Waals surface area contributed by atoms with E-state index >= 15 is 0 Å². The Morgan fingerprint density at radius 2 is 1.29 bits per heavy atom. The fourth-order valence-electron chi connectivity index (χ4n) is 7.46. The Morgan fingerprint density at radius 3 is 2.00 bits per heavy atom. The number of hydrogen-bond acceptors (Lipinski definition) is 3. The zero-order valence-electron chi connectivity index (χ0n) is 41.1. The number of imidazole rings is 1. The molecule has 4 nitrogen and oxygen atoms in total. The van der Waals surface area contributed by atoms with Crippen molar-refractivity contribution in [2.45, 2.75) is 66.0 Å². The Hall–Kier alpha value is -6.26. The number of aromatic hydroxyl groups is 1. The molecule has 2 aromatic heterocycles. The summed E-state index contributed by atoms with van der Waals surface area (Å²) in [5.41, 5.74) is 7.23. The highest BCUT2D eigenvalue weighted by Gasteiger charge is 2.25. The molecule has 278 valence electrons. The molecule has 0 spiro atoms. The van der Waals surface area contributed by atoms with E-state index in [-0.39, 0.29) is 16.7 Å². The smallest absolute Gasteiger partial charge is 0.149 e. The molecule has 0 radical (unpaired) electrons. The molecule has 0 saturated carbocycles. The highest BCUT2D eigenvalue weighted by molar-refractivity contribution is 5.98. The second-order valence-electron chi connectivity index (χ2n) is 15.6. The van der Waals surface area contributed by atoms with E-state index in [0.717, 1.165) is 44.6 Å². The van der Waals surface area contributed by atoms with E-state index in [4.69, 9.17) is 22.3 Å². The van der Waals surface area contributed by atoms with E-state index in [0.29, 0.717) is 44.8 Å². The van der Waals surface area contributed by atoms with Gasteiger partial charge in [-0.3, -0.25) is 9.55 Å². The van der Waals surface area contributed by atoms with E-state index in [2.05, 4.69) is 57.2 Å². The summed E-state index contributed by atoms with van der Waals surface area (Å²) in [6, 6.07) is 43.5. The maximum absolute atomic E-state index is 11.8. The second kappa shape index (κ2) is 14.1. The number of aryl methyl sites for hydroxylation is 2. The Labute approximate surface area is 343 Å². The molecule has 0 aliphatic heterocycles. The summed E-state index contributed by atoms with van der Waals surface area (Å²) < 4.78 is 78.5. The number of phenols is 1. The van der Waals surface area contributed by atoms with Crippen molar-refractivity contribution < 1.29 is 17.4 Å². The molecule has 1 N–H and O–H groups in total. The fraction of sp³-hybridized carbons (Fsp3) is 0.192. The summed E-state index contributed by atoms with van der Waals surface area (Å²) in [4.78, 5) is 10.2. The number of pyridine rings is 1. The van der Waals surface area contributed by atoms with Gasteiger partial charge in [-0.2, -0.15) is 0 Å². The summed E-state index contributed by atoms with van der Waals surface area (Å²) in [6.45, 7) is -0.181. The van der Waals surface area contributed by atoms with Crippen molar-refractivity contribution in [3.8, 4) is 67.5 Å². The lowest BCUT2D eigenvalue weighted by Gasteiger charge is -2.23. The van der Waals surface area contributed by atoms with Crippen molar-refractivity contribution >= 4 is 11.0 Å². The summed E-state index contributed by atoms with van der Waals surface area (Å²) in [5.74, 6) is 0.374. The molecular formula is C52H49N3O. The van der Waals surface area contributed by atoms with Gasteiger partial charge in [-0.05, 0) is 118 Å². The van der Waals surface area contributed by atoms with Crippen LogP contribution in [0.1, 0.15) is 75.9 Å². The largest absolute Gasteiger partial charge is 0.507 e. The molecule has 2 heterocycles. The Bertz CT molecular complexity index is 3040. The molecule has 0 aliphatic rings. The summed E-state index contributed by atoms with van der Waals surface area (Å²) in [6.07, 6.45) is 1.82. The summed E-state index contributed by atoms with van der Waals surface area (Å²) in [7, 11) is 0. The number of benzene rings is 6. The molecular weight excluding hydrogens is 683 g/mol. The van der Waals surface area contributed by atoms with E-state index in [9.17, 15) is 5.11 Å². The molecule has 4 heteroatoms. The molecule has 0 fully saturated rings. The monoisotopic (exact) mass is 740 g/mol. The SMILES string of the molecule is [2H]C([2H])([2H])C(c1ccc(-n2c(-c3cc(C)cc(C)c3O)nc3c(-c4cc(-c5cc(-c6ccccc6)ccn5)cc(C(C)(C)C)c4)cccc32)c(-c2ccccc2)c1)(C([2H])([2H])[2H])C([2H])([2H])[2H]. The first-order valence-electron chi connectivity index (χ1n) is 23.2. The molecule has 0 atom stereocenters. The number of rotatable bonds is 6. The van der Waals surface area contributed by atoms with Gasteiger partial charge in [-0.1, -0.05) is 132 Å². The van der Waals surface area contributed by atoms with Crippen LogP contribution in [0.25, 0.3) is 72.7 Å². The third kappa shape index (κ3) is 6.92. The van der Waals surface area contributed by atoms with Crippen LogP contribution in [0.5, 0.6) is 5.75 Å². The van der Waals surface area contributed by atoms with Crippen LogP contribution in [0.4, 0.5) is 0 Å². The minimum atomic E-state index is -3.47. The van der Waals surface area contributed by atoms with Crippen molar-refractivity contribution in [2.75, 3.05) is 0 Å². The highest BCUT2D eigenvalue weighted by Crippen LogP contribution is 2.43. The van der Waals surface area contributed by atoms with E-state index in [1.807, 2.05) is 85.3 Å². The van der Waals surface area contributed by atoms with Crippen LogP contribution >= 0.6 is 0 Å². The Morgan fingerprint density at radius 1 is 0.571 bits per heavy atom. The zero-order valence-corrected chi connectivity index (χ0v) is 32.1. The van der Waals surface area contributed by atoms with Crippen LogP contribution in [-0.2, 0) is 10.8 Å². The third-order valence-electron chi connectivity index (χ3n) is 10.4. The van der Waals surface area contributed by atoms with Crippen LogP contribution in [0.2, 0.25) is 0 Å². The predicted octanol–water partition coefficient (Wildman–Crippen LogP) is 13.7. The number of para-hydroxylation sites is 1. The number of phenolic OH excluding ortho intramolecular Hbond substituents is 1. The number of fused-ring (bicyclic) bond motifs is 1. The standard InChI is InChI=1S/C52H49N3O/c1-33-26-34(2)49(56)44(27-33)50-54-48-42(20-15-21-47(48)55(50)46-23-22-40(51(3,4)5)32-43(46)36-18-13-10-14-19-36)38-28-39(30-41(29-38)52(6,7)8)45-31-37(24-25-53-45)35-16-11-9-12-17-35/h9-32,56H,1-8H3/i3D3,4D3,5D3. The van der Waals surface area contributed by atoms with Crippen molar-refractivity contribution in [1.29, 1.82) is 0 Å². The molecule has 56 heavy (non-hydrogen) atoms. The van der Waals surface area contributed by atoms with Crippen molar-refractivity contribution in [2.24, 2.45) is 0 Å². The molecule has 0 aliphatic carbocycles. The summed E-state index contributed by atoms with van der Waals surface area (Å²) >= 11 is 0. The van der Waals surface area contributed by atoms with Gasteiger partial charge in [0, 0.05) is 35.2 Å². The second-order valence-corrected chi connectivity index (χ2v) is 15.6. The van der Waals surface area contributed by atoms with Crippen LogP contribution in [0, 0.1) is 13.8 Å². The van der Waals surface area contributed by atoms with Gasteiger partial charge in [0.2, 0.25) is 0 Å². The number of nitrogens with zero attached hydrogens (tertiary/aromatic N) is 3. The zero-order chi connectivity index (χ0) is 46.9. The van der Waals surface area contributed by atoms with Gasteiger partial charge >= 0.3 is 0 Å². The molecule has 0 unspecified atom stereocenters. The van der Waals surface area contributed by atoms with E-state index < -0.39 is 26.0 Å². The van der Waals surface area contributed by atoms with Crippen LogP contribution in [0.3, 0.4) is 0 Å². The molecule has 0 saturated heterocycles. The minimum Gasteiger partial charge on any atom is -0.507 e. The average Bonchev–Trinajstić information content (AvgIpc) is 3.63. The normalized spacial score (nSPS) is 15.1. The van der Waals surface area contributed by atoms with E-state index in [1.54, 1.807) is 30.3 Å². The third-order valence-corrected chi connectivity index (χ3v) is 10.4. The lowest BCUT2D eigenvalue weighted by molar-refractivity contribution is 0.472. The molecule has 0 amide bonds. The van der Waals surface area contributed by atoms with Gasteiger partial charge < -0.3 is 5.11 Å². The first-order chi connectivity index (χ1) is 30.5. The van der Waals surface area contributed by atoms with Crippen molar-refractivity contribution in [3.05, 3.63) is 168 Å². The molecule has 6 aromatic carbocycles. The van der Waals surface area contributed by atoms with Gasteiger partial charge in [-0.15, -0.1) is 0 Å². The highest BCUT2D eigenvalue weighted by atomic mass is 16.3. The lowest BCUT2D eigenvalue weighted by atomic mass is 9.83. The van der Waals surface area contributed by atoms with Crippen LogP contribution < -0.4 is 0 Å². The quantitative estimate of drug-likeness (QED) is 0.185. The average molecular weight is 741 g/mol. The summed E-state index contributed by atoms with van der Waals surface area (Å²) in [5, 5.41) is 11.8. The maximum atomic E-state index is 11.8. The van der Waals surface area contributed by atoms with Crippen molar-refractivity contribution in [1.82, 2.24) is 14.5 Å². The van der Waals surface area contributed by atoms with Gasteiger partial charge in [0.05, 0.1) is 28.0 Å². The van der Waals surface area contributed by atoms with Gasteiger partial charge in [0.25, 0.3) is 0 Å². The Balaban J connectivity index is 1.46. The Kier molecular flexibility index (Phi) is 6.89. The molecule has 8 rings (SSSR count). The van der Waals surface area contributed by atoms with E-state index in [1.165, 1.54) is 12.1 Å². The fourth-order valence-corrected chi connectivity index (χ4v) is 7.46. The van der Waals surface area contributed by atoms with Crippen LogP contribution in [-0.4, -0.2) is 19.6 Å². The maximum Gasteiger partial charge on any atom is 0.149 e. The number of hydrogen-bond donors (Lipinski definition) is 1. The predicted molar refractivity (Wildman–Crippen MR) is 235 cm³/mol. The van der Waals surface area contributed by atoms with Gasteiger partial charge in [0.15, 0.2) is 0 Å². The minimum absolute atomic E-state index is 0.0131. The van der Waals surface area contributed by atoms with Gasteiger partial charge in [-0.25, -0.2) is 4.98 Å². The number of aromatic nitrogens is 3. The first-order valence-corrected chi connectivity index (χ1v) is 18.7. The van der Waals surface area contributed by atoms with Crippen LogP contribution in [0.15, 0.2) is 146 Å².